The minimum Gasteiger partial charge on any atom is -0.447 e. The van der Waals surface area contributed by atoms with Crippen LogP contribution in [-0.2, 0) is 19.1 Å². The lowest BCUT2D eigenvalue weighted by Crippen LogP contribution is -2.43. The summed E-state index contributed by atoms with van der Waals surface area (Å²) in [7, 11) is 0. The Morgan fingerprint density at radius 3 is 2.59 bits per heavy atom. The number of amides is 3. The minimum atomic E-state index is -1.42. The number of imidazole rings is 1. The molecule has 0 bridgehead atoms. The van der Waals surface area contributed by atoms with E-state index in [1.807, 2.05) is 13.8 Å². The van der Waals surface area contributed by atoms with E-state index in [-0.39, 0.29) is 59.4 Å². The zero-order valence-corrected chi connectivity index (χ0v) is 24.9. The molecular formula is C29H40N8O7. The molecule has 238 valence electrons. The molecule has 6 rings (SSSR count). The Labute approximate surface area is 254 Å². The first-order valence-corrected chi connectivity index (χ1v) is 15.3. The molecule has 4 aliphatic rings. The van der Waals surface area contributed by atoms with E-state index in [2.05, 4.69) is 37.4 Å². The average molecular weight is 613 g/mol. The molecule has 1 aliphatic carbocycles. The molecule has 6 N–H and O–H groups in total. The number of aliphatic hydroxyl groups excluding tert-OH is 2. The zero-order valence-electron chi connectivity index (χ0n) is 24.9. The second kappa shape index (κ2) is 13.7. The fourth-order valence-corrected chi connectivity index (χ4v) is 5.46. The van der Waals surface area contributed by atoms with Gasteiger partial charge in [-0.2, -0.15) is 0 Å². The van der Waals surface area contributed by atoms with Crippen molar-refractivity contribution in [3.8, 4) is 11.8 Å². The monoisotopic (exact) mass is 612 g/mol. The fourth-order valence-electron chi connectivity index (χ4n) is 5.46. The third-order valence-corrected chi connectivity index (χ3v) is 8.10. The smallest absolute Gasteiger partial charge is 0.409 e. The summed E-state index contributed by atoms with van der Waals surface area (Å²) in [6.45, 7) is 5.31. The molecule has 5 heterocycles. The second-order valence-electron chi connectivity index (χ2n) is 11.3. The van der Waals surface area contributed by atoms with Crippen molar-refractivity contribution in [2.75, 3.05) is 25.4 Å². The Kier molecular flexibility index (Phi) is 9.82. The molecule has 15 heteroatoms. The van der Waals surface area contributed by atoms with Gasteiger partial charge in [0.2, 0.25) is 11.7 Å². The van der Waals surface area contributed by atoms with Gasteiger partial charge in [-0.25, -0.2) is 19.7 Å². The van der Waals surface area contributed by atoms with Crippen LogP contribution in [0.2, 0.25) is 0 Å². The third kappa shape index (κ3) is 7.03. The fraction of sp³-hybridized carbons (Fsp3) is 0.655. The third-order valence-electron chi connectivity index (χ3n) is 8.10. The Morgan fingerprint density at radius 1 is 1.16 bits per heavy atom. The number of rotatable bonds is 6. The van der Waals surface area contributed by atoms with E-state index >= 15 is 0 Å². The molecular weight excluding hydrogens is 572 g/mol. The summed E-state index contributed by atoms with van der Waals surface area (Å²) >= 11 is 0. The number of hydrogen-bond acceptors (Lipinski definition) is 11. The highest BCUT2D eigenvalue weighted by Gasteiger charge is 2.48. The van der Waals surface area contributed by atoms with Crippen LogP contribution in [-0.4, -0.2) is 103 Å². The van der Waals surface area contributed by atoms with Crippen LogP contribution in [0.1, 0.15) is 70.8 Å². The van der Waals surface area contributed by atoms with Gasteiger partial charge in [0.05, 0.1) is 12.4 Å². The number of piperidine rings is 1. The Bertz CT molecular complexity index is 1430. The van der Waals surface area contributed by atoms with Crippen LogP contribution in [0.5, 0.6) is 0 Å². The molecule has 1 saturated carbocycles. The summed E-state index contributed by atoms with van der Waals surface area (Å²) in [6, 6.07) is -0.0320. The van der Waals surface area contributed by atoms with E-state index in [4.69, 9.17) is 15.2 Å². The summed E-state index contributed by atoms with van der Waals surface area (Å²) in [5.41, 5.74) is 6.66. The standard InChI is InChI=1S/C27H34N8O7.C2H6/c28-23-19-24(35(13-29-19)26-21(38)20(37)22(42-26)25(39)31-15-4-5-15)33-17(32-23)3-1-2-14-8-10-34(11-9-14)27(40)41-12-16-6-7-18(36)30-16;1-2/h13-16,20-22,26,37-38H,2,4-12H2,(H,30,36)(H,31,39)(H2,28,32,33);1-2H3/t16?,20?,21-,22-,26+;/m0./s1. The van der Waals surface area contributed by atoms with E-state index < -0.39 is 30.4 Å². The lowest BCUT2D eigenvalue weighted by atomic mass is 9.94. The Balaban J connectivity index is 0.00000188. The molecule has 0 spiro atoms. The van der Waals surface area contributed by atoms with Crippen LogP contribution in [0, 0.1) is 17.8 Å². The average Bonchev–Trinajstić information content (AvgIpc) is 3.44. The highest BCUT2D eigenvalue weighted by Crippen LogP contribution is 2.33. The van der Waals surface area contributed by atoms with Gasteiger partial charge in [-0.15, -0.1) is 0 Å². The van der Waals surface area contributed by atoms with Crippen LogP contribution in [0.3, 0.4) is 0 Å². The number of fused-ring (bicyclic) bond motifs is 1. The van der Waals surface area contributed by atoms with Gasteiger partial charge in [0.15, 0.2) is 23.8 Å². The van der Waals surface area contributed by atoms with Crippen molar-refractivity contribution >= 4 is 34.9 Å². The van der Waals surface area contributed by atoms with Crippen molar-refractivity contribution in [3.63, 3.8) is 0 Å². The maximum absolute atomic E-state index is 12.5. The highest BCUT2D eigenvalue weighted by molar-refractivity contribution is 5.83. The molecule has 44 heavy (non-hydrogen) atoms. The number of ether oxygens (including phenoxy) is 2. The maximum atomic E-state index is 12.5. The Morgan fingerprint density at radius 2 is 1.91 bits per heavy atom. The van der Waals surface area contributed by atoms with Gasteiger partial charge >= 0.3 is 6.09 Å². The number of likely N-dealkylation sites (tertiary alicyclic amines) is 1. The van der Waals surface area contributed by atoms with Crippen molar-refractivity contribution in [1.29, 1.82) is 0 Å². The van der Waals surface area contributed by atoms with Gasteiger partial charge in [-0.1, -0.05) is 19.8 Å². The predicted molar refractivity (Wildman–Crippen MR) is 156 cm³/mol. The van der Waals surface area contributed by atoms with Crippen molar-refractivity contribution in [2.24, 2.45) is 5.92 Å². The molecule has 5 atom stereocenters. The molecule has 15 nitrogen and oxygen atoms in total. The van der Waals surface area contributed by atoms with Gasteiger partial charge in [0.1, 0.15) is 24.3 Å². The lowest BCUT2D eigenvalue weighted by Gasteiger charge is -2.30. The molecule has 3 aliphatic heterocycles. The lowest BCUT2D eigenvalue weighted by molar-refractivity contribution is -0.137. The summed E-state index contributed by atoms with van der Waals surface area (Å²) in [6.07, 6.45) is 0.866. The summed E-state index contributed by atoms with van der Waals surface area (Å²) in [5.74, 6) is 6.12. The van der Waals surface area contributed by atoms with Crippen LogP contribution < -0.4 is 16.4 Å². The number of aromatic nitrogens is 4. The van der Waals surface area contributed by atoms with E-state index in [9.17, 15) is 24.6 Å². The number of carbonyl (C=O) groups excluding carboxylic acids is 3. The molecule has 3 saturated heterocycles. The van der Waals surface area contributed by atoms with Crippen molar-refractivity contribution in [1.82, 2.24) is 35.1 Å². The largest absolute Gasteiger partial charge is 0.447 e. The van der Waals surface area contributed by atoms with Crippen molar-refractivity contribution in [3.05, 3.63) is 12.2 Å². The van der Waals surface area contributed by atoms with Crippen LogP contribution in [0.4, 0.5) is 10.6 Å². The number of nitrogen functional groups attached to an aromatic ring is 1. The van der Waals surface area contributed by atoms with Crippen LogP contribution >= 0.6 is 0 Å². The van der Waals surface area contributed by atoms with Crippen LogP contribution in [0.25, 0.3) is 11.2 Å². The minimum absolute atomic E-state index is 0.0129. The van der Waals surface area contributed by atoms with Crippen molar-refractivity contribution < 1.29 is 34.1 Å². The summed E-state index contributed by atoms with van der Waals surface area (Å²) in [5, 5.41) is 26.7. The molecule has 2 aromatic rings. The number of carbonyl (C=O) groups is 3. The van der Waals surface area contributed by atoms with E-state index in [0.717, 1.165) is 25.7 Å². The first-order chi connectivity index (χ1) is 21.3. The molecule has 3 amide bonds. The molecule has 4 fully saturated rings. The molecule has 0 radical (unpaired) electrons. The quantitative estimate of drug-likeness (QED) is 0.279. The maximum Gasteiger partial charge on any atom is 0.409 e. The molecule has 2 unspecified atom stereocenters. The number of anilines is 1. The number of nitrogens with zero attached hydrogens (tertiary/aromatic N) is 5. The van der Waals surface area contributed by atoms with Crippen molar-refractivity contribution in [2.45, 2.75) is 95.4 Å². The first kappa shape index (κ1) is 31.4. The highest BCUT2D eigenvalue weighted by atomic mass is 16.6. The van der Waals surface area contributed by atoms with E-state index in [0.29, 0.717) is 32.4 Å². The normalized spacial score (nSPS) is 26.8. The molecule has 2 aromatic heterocycles. The number of nitrogens with two attached hydrogens (primary N) is 1. The van der Waals surface area contributed by atoms with Gasteiger partial charge < -0.3 is 41.0 Å². The van der Waals surface area contributed by atoms with Gasteiger partial charge in [0, 0.05) is 32.0 Å². The SMILES string of the molecule is CC.Nc1nc(C#CCC2CCN(C(=O)OCC3CCC(=O)N3)CC2)nc2c1ncn2[C@@H]1O[C@H](C(=O)NC2CC2)C(O)[C@@H]1O. The number of aliphatic hydroxyl groups is 2. The first-order valence-electron chi connectivity index (χ1n) is 15.3. The van der Waals surface area contributed by atoms with Gasteiger partial charge in [-0.05, 0) is 43.9 Å². The second-order valence-corrected chi connectivity index (χ2v) is 11.3. The predicted octanol–water partition coefficient (Wildman–Crippen LogP) is 0.201. The van der Waals surface area contributed by atoms with Gasteiger partial charge in [-0.3, -0.25) is 14.2 Å². The topological polar surface area (TPSA) is 207 Å². The van der Waals surface area contributed by atoms with Crippen LogP contribution in [0.15, 0.2) is 6.33 Å². The molecule has 0 aromatic carbocycles. The number of hydrogen-bond donors (Lipinski definition) is 5. The summed E-state index contributed by atoms with van der Waals surface area (Å²) < 4.78 is 12.6. The summed E-state index contributed by atoms with van der Waals surface area (Å²) in [4.78, 5) is 50.8. The Hall–Kier alpha value is -4.00. The van der Waals surface area contributed by atoms with E-state index in [1.54, 1.807) is 4.90 Å². The number of nitrogens with one attached hydrogen (secondary N) is 2. The van der Waals surface area contributed by atoms with Gasteiger partial charge in [0.25, 0.3) is 5.91 Å². The zero-order chi connectivity index (χ0) is 31.4. The van der Waals surface area contributed by atoms with E-state index in [1.165, 1.54) is 10.9 Å².